The maximum Gasteiger partial charge on any atom is 0.134 e. The summed E-state index contributed by atoms with van der Waals surface area (Å²) < 4.78 is 0. The number of benzene rings is 1. The molecule has 1 N–H and O–H groups in total. The Kier molecular flexibility index (Phi) is 3.54. The van der Waals surface area contributed by atoms with Crippen LogP contribution in [0.5, 0.6) is 5.75 Å². The zero-order chi connectivity index (χ0) is 17.2. The molecule has 1 aromatic rings. The Morgan fingerprint density at radius 3 is 2.88 bits per heavy atom. The summed E-state index contributed by atoms with van der Waals surface area (Å²) in [6.07, 6.45) is 7.81. The number of hydrogen-bond donors (Lipinski definition) is 1. The van der Waals surface area contributed by atoms with Gasteiger partial charge in [0.2, 0.25) is 0 Å². The number of fused-ring (bicyclic) bond motifs is 1. The third kappa shape index (κ3) is 2.31. The first-order chi connectivity index (χ1) is 12.1. The highest BCUT2D eigenvalue weighted by Gasteiger charge is 2.57. The van der Waals surface area contributed by atoms with Gasteiger partial charge in [0, 0.05) is 30.8 Å². The molecule has 4 atom stereocenters. The minimum atomic E-state index is -0.0259. The Hall–Kier alpha value is -1.35. The van der Waals surface area contributed by atoms with E-state index in [1.807, 2.05) is 12.1 Å². The predicted octanol–water partition coefficient (Wildman–Crippen LogP) is 3.68. The maximum atomic E-state index is 12.6. The van der Waals surface area contributed by atoms with E-state index in [0.29, 0.717) is 35.8 Å². The molecule has 1 heterocycles. The lowest BCUT2D eigenvalue weighted by Crippen LogP contribution is -2.64. The summed E-state index contributed by atoms with van der Waals surface area (Å²) in [5.74, 6) is 2.69. The molecule has 3 fully saturated rings. The molecule has 134 valence electrons. The number of rotatable bonds is 2. The second kappa shape index (κ2) is 5.57. The van der Waals surface area contributed by atoms with Gasteiger partial charge in [-0.15, -0.1) is 0 Å². The number of piperidine rings is 1. The Labute approximate surface area is 150 Å². The van der Waals surface area contributed by atoms with Gasteiger partial charge in [-0.3, -0.25) is 9.69 Å². The molecule has 1 aromatic carbocycles. The summed E-state index contributed by atoms with van der Waals surface area (Å²) >= 11 is 0. The van der Waals surface area contributed by atoms with Crippen LogP contribution >= 0.6 is 0 Å². The van der Waals surface area contributed by atoms with Crippen LogP contribution in [-0.4, -0.2) is 34.9 Å². The number of Topliss-reactive ketones (excluding diaryl/α,β-unsaturated/α-hetero) is 1. The number of ketones is 1. The molecule has 4 aliphatic rings. The summed E-state index contributed by atoms with van der Waals surface area (Å²) in [5, 5.41) is 10.1. The van der Waals surface area contributed by atoms with E-state index < -0.39 is 0 Å². The van der Waals surface area contributed by atoms with Crippen LogP contribution in [0.15, 0.2) is 18.2 Å². The zero-order valence-corrected chi connectivity index (χ0v) is 15.2. The van der Waals surface area contributed by atoms with Crippen LogP contribution in [0.4, 0.5) is 0 Å². The van der Waals surface area contributed by atoms with E-state index in [1.165, 1.54) is 36.9 Å². The van der Waals surface area contributed by atoms with Crippen LogP contribution in [0.3, 0.4) is 0 Å². The van der Waals surface area contributed by atoms with E-state index in [2.05, 4.69) is 17.9 Å². The molecule has 3 aliphatic carbocycles. The van der Waals surface area contributed by atoms with Crippen molar-refractivity contribution in [1.82, 2.24) is 4.90 Å². The van der Waals surface area contributed by atoms with Gasteiger partial charge in [-0.25, -0.2) is 0 Å². The summed E-state index contributed by atoms with van der Waals surface area (Å²) in [6, 6.07) is 6.50. The maximum absolute atomic E-state index is 12.6. The highest BCUT2D eigenvalue weighted by Crippen LogP contribution is 2.57. The number of carbonyl (C=O) groups is 1. The van der Waals surface area contributed by atoms with Crippen molar-refractivity contribution in [2.45, 2.75) is 63.3 Å². The molecule has 1 saturated heterocycles. The van der Waals surface area contributed by atoms with Crippen molar-refractivity contribution in [3.63, 3.8) is 0 Å². The summed E-state index contributed by atoms with van der Waals surface area (Å²) in [7, 11) is 0. The Balaban J connectivity index is 1.59. The van der Waals surface area contributed by atoms with Gasteiger partial charge in [-0.1, -0.05) is 19.4 Å². The number of likely N-dealkylation sites (tertiary alicyclic amines) is 1. The lowest BCUT2D eigenvalue weighted by atomic mass is 9.49. The first kappa shape index (κ1) is 15.9. The highest BCUT2D eigenvalue weighted by atomic mass is 16.3. The number of phenols is 1. The summed E-state index contributed by atoms with van der Waals surface area (Å²) in [4.78, 5) is 15.3. The van der Waals surface area contributed by atoms with Gasteiger partial charge >= 0.3 is 0 Å². The molecule has 5 rings (SSSR count). The highest BCUT2D eigenvalue weighted by molar-refractivity contribution is 5.82. The average Bonchev–Trinajstić information content (AvgIpc) is 2.52. The quantitative estimate of drug-likeness (QED) is 0.894. The van der Waals surface area contributed by atoms with Gasteiger partial charge in [0.15, 0.2) is 0 Å². The Bertz CT molecular complexity index is 710. The van der Waals surface area contributed by atoms with Crippen LogP contribution < -0.4 is 0 Å². The fourth-order valence-electron chi connectivity index (χ4n) is 6.64. The topological polar surface area (TPSA) is 40.5 Å². The van der Waals surface area contributed by atoms with E-state index in [0.717, 1.165) is 31.7 Å². The molecule has 2 saturated carbocycles. The Morgan fingerprint density at radius 2 is 2.12 bits per heavy atom. The van der Waals surface area contributed by atoms with E-state index >= 15 is 0 Å². The average molecular weight is 339 g/mol. The van der Waals surface area contributed by atoms with E-state index in [9.17, 15) is 9.90 Å². The minimum Gasteiger partial charge on any atom is -0.508 e. The van der Waals surface area contributed by atoms with E-state index in [4.69, 9.17) is 0 Å². The van der Waals surface area contributed by atoms with E-state index in [1.54, 1.807) is 0 Å². The minimum absolute atomic E-state index is 0.0259. The summed E-state index contributed by atoms with van der Waals surface area (Å²) in [6.45, 7) is 4.67. The largest absolute Gasteiger partial charge is 0.508 e. The van der Waals surface area contributed by atoms with Crippen molar-refractivity contribution in [2.24, 2.45) is 17.8 Å². The third-order valence-electron chi connectivity index (χ3n) is 7.82. The molecule has 0 aromatic heterocycles. The second-order valence-electron chi connectivity index (χ2n) is 9.23. The SMILES string of the molecule is C[C@H]1CC(=O)CC23CCN(CC4CCC4)C(Cc4ccc(O)cc42)C13. The lowest BCUT2D eigenvalue weighted by Gasteiger charge is -2.61. The van der Waals surface area contributed by atoms with Crippen molar-refractivity contribution in [2.75, 3.05) is 13.1 Å². The normalized spacial score (nSPS) is 38.0. The first-order valence-electron chi connectivity index (χ1n) is 10.1. The van der Waals surface area contributed by atoms with Crippen molar-refractivity contribution in [3.8, 4) is 5.75 Å². The lowest BCUT2D eigenvalue weighted by molar-refractivity contribution is -0.131. The molecule has 0 spiro atoms. The van der Waals surface area contributed by atoms with Gasteiger partial charge in [0.25, 0.3) is 0 Å². The van der Waals surface area contributed by atoms with Crippen LogP contribution in [-0.2, 0) is 16.6 Å². The molecule has 2 bridgehead atoms. The van der Waals surface area contributed by atoms with Gasteiger partial charge in [0.05, 0.1) is 0 Å². The predicted molar refractivity (Wildman–Crippen MR) is 97.7 cm³/mol. The number of carbonyl (C=O) groups excluding carboxylic acids is 1. The van der Waals surface area contributed by atoms with Crippen molar-refractivity contribution < 1.29 is 9.90 Å². The molecular formula is C22H29NO2. The molecule has 0 amide bonds. The number of aromatic hydroxyl groups is 1. The first-order valence-corrected chi connectivity index (χ1v) is 10.1. The van der Waals surface area contributed by atoms with Gasteiger partial charge in [-0.2, -0.15) is 0 Å². The monoisotopic (exact) mass is 339 g/mol. The molecule has 0 radical (unpaired) electrons. The van der Waals surface area contributed by atoms with Crippen molar-refractivity contribution in [3.05, 3.63) is 29.3 Å². The van der Waals surface area contributed by atoms with Gasteiger partial charge < -0.3 is 5.11 Å². The molecule has 1 aliphatic heterocycles. The third-order valence-corrected chi connectivity index (χ3v) is 7.82. The standard InChI is InChI=1S/C22H29NO2/c1-14-9-18(25)12-22-7-8-23(13-15-3-2-4-15)20(21(14)22)10-16-5-6-17(24)11-19(16)22/h5-6,11,14-15,20-21,24H,2-4,7-10,12-13H2,1H3/t14-,20?,21?,22?/m0/s1. The smallest absolute Gasteiger partial charge is 0.134 e. The molecule has 3 unspecified atom stereocenters. The van der Waals surface area contributed by atoms with Crippen LogP contribution in [0.25, 0.3) is 0 Å². The van der Waals surface area contributed by atoms with Gasteiger partial charge in [-0.05, 0) is 73.2 Å². The number of phenolic OH excluding ortho intramolecular Hbond substituents is 1. The van der Waals surface area contributed by atoms with Crippen LogP contribution in [0.1, 0.15) is 56.6 Å². The molecule has 3 heteroatoms. The molecule has 25 heavy (non-hydrogen) atoms. The summed E-state index contributed by atoms with van der Waals surface area (Å²) in [5.41, 5.74) is 2.64. The van der Waals surface area contributed by atoms with E-state index in [-0.39, 0.29) is 5.41 Å². The molecule has 3 nitrogen and oxygen atoms in total. The molecular weight excluding hydrogens is 310 g/mol. The Morgan fingerprint density at radius 1 is 1.28 bits per heavy atom. The zero-order valence-electron chi connectivity index (χ0n) is 15.2. The number of nitrogens with zero attached hydrogens (tertiary/aromatic N) is 1. The number of hydrogen-bond acceptors (Lipinski definition) is 3. The second-order valence-corrected chi connectivity index (χ2v) is 9.23. The van der Waals surface area contributed by atoms with Crippen LogP contribution in [0.2, 0.25) is 0 Å². The fourth-order valence-corrected chi connectivity index (χ4v) is 6.64. The van der Waals surface area contributed by atoms with Crippen LogP contribution in [0, 0.1) is 17.8 Å². The fraction of sp³-hybridized carbons (Fsp3) is 0.682. The van der Waals surface area contributed by atoms with Crippen molar-refractivity contribution >= 4 is 5.78 Å². The van der Waals surface area contributed by atoms with Gasteiger partial charge in [0.1, 0.15) is 11.5 Å². The van der Waals surface area contributed by atoms with Crippen molar-refractivity contribution in [1.29, 1.82) is 0 Å².